The van der Waals surface area contributed by atoms with Gasteiger partial charge in [0.25, 0.3) is 0 Å². The van der Waals surface area contributed by atoms with Crippen molar-refractivity contribution in [1.82, 2.24) is 4.90 Å². The zero-order chi connectivity index (χ0) is 16.9. The van der Waals surface area contributed by atoms with Crippen molar-refractivity contribution in [2.75, 3.05) is 18.9 Å². The first-order valence-electron chi connectivity index (χ1n) is 7.58. The van der Waals surface area contributed by atoms with Crippen molar-refractivity contribution in [2.45, 2.75) is 46.1 Å². The molecule has 1 aromatic rings. The lowest BCUT2D eigenvalue weighted by molar-refractivity contribution is -0.142. The predicted octanol–water partition coefficient (Wildman–Crippen LogP) is 2.29. The Morgan fingerprint density at radius 1 is 1.27 bits per heavy atom. The van der Waals surface area contributed by atoms with E-state index in [0.29, 0.717) is 18.7 Å². The number of carbonyl (C=O) groups is 2. The minimum absolute atomic E-state index is 0.248. The molecule has 0 aliphatic rings. The molecule has 1 unspecified atom stereocenters. The molecule has 1 rings (SSSR count). The Morgan fingerprint density at radius 2 is 1.91 bits per heavy atom. The molecule has 2 amide bonds. The highest BCUT2D eigenvalue weighted by molar-refractivity contribution is 6.39. The summed E-state index contributed by atoms with van der Waals surface area (Å²) in [7, 11) is 1.56. The normalized spacial score (nSPS) is 12.1. The zero-order valence-electron chi connectivity index (χ0n) is 14.0. The number of amides is 2. The van der Waals surface area contributed by atoms with Gasteiger partial charge in [0, 0.05) is 19.3 Å². The third-order valence-electron chi connectivity index (χ3n) is 3.59. The van der Waals surface area contributed by atoms with Crippen LogP contribution in [0.2, 0.25) is 0 Å². The molecule has 0 bridgehead atoms. The zero-order valence-corrected chi connectivity index (χ0v) is 14.0. The molecule has 2 N–H and O–H groups in total. The summed E-state index contributed by atoms with van der Waals surface area (Å²) in [6.07, 6.45) is -0.0563. The molecule has 0 saturated carbocycles. The number of hydrogen-bond donors (Lipinski definition) is 2. The van der Waals surface area contributed by atoms with Crippen LogP contribution in [0.3, 0.4) is 0 Å². The van der Waals surface area contributed by atoms with Gasteiger partial charge in [-0.05, 0) is 37.3 Å². The summed E-state index contributed by atoms with van der Waals surface area (Å²) < 4.78 is 0. The van der Waals surface area contributed by atoms with E-state index in [0.717, 1.165) is 11.1 Å². The van der Waals surface area contributed by atoms with Gasteiger partial charge in [-0.25, -0.2) is 0 Å². The standard InChI is InChI=1S/C17H26N2O3/c1-11(2)14-8-6-7-12(3)15(14)18-16(21)17(22)19(5)10-9-13(4)20/h6-8,11,13,20H,9-10H2,1-5H3,(H,18,21). The van der Waals surface area contributed by atoms with Crippen molar-refractivity contribution < 1.29 is 14.7 Å². The van der Waals surface area contributed by atoms with Crippen molar-refractivity contribution in [3.05, 3.63) is 29.3 Å². The molecule has 0 aliphatic heterocycles. The summed E-state index contributed by atoms with van der Waals surface area (Å²) in [6, 6.07) is 5.80. The van der Waals surface area contributed by atoms with Gasteiger partial charge in [0.1, 0.15) is 0 Å². The lowest BCUT2D eigenvalue weighted by atomic mass is 9.98. The first kappa shape index (κ1) is 18.2. The minimum Gasteiger partial charge on any atom is -0.393 e. The van der Waals surface area contributed by atoms with Crippen LogP contribution in [0.15, 0.2) is 18.2 Å². The molecular weight excluding hydrogens is 280 g/mol. The number of hydrogen-bond acceptors (Lipinski definition) is 3. The van der Waals surface area contributed by atoms with Crippen molar-refractivity contribution in [1.29, 1.82) is 0 Å². The van der Waals surface area contributed by atoms with Crippen LogP contribution in [-0.4, -0.2) is 41.5 Å². The molecular formula is C17H26N2O3. The molecule has 0 heterocycles. The van der Waals surface area contributed by atoms with Gasteiger partial charge < -0.3 is 15.3 Å². The highest BCUT2D eigenvalue weighted by atomic mass is 16.3. The Hall–Kier alpha value is -1.88. The fourth-order valence-corrected chi connectivity index (χ4v) is 2.16. The van der Waals surface area contributed by atoms with Crippen LogP contribution in [0, 0.1) is 6.92 Å². The topological polar surface area (TPSA) is 69.6 Å². The van der Waals surface area contributed by atoms with Gasteiger partial charge in [-0.2, -0.15) is 0 Å². The van der Waals surface area contributed by atoms with Crippen LogP contribution in [0.1, 0.15) is 44.2 Å². The Labute approximate surface area is 132 Å². The first-order chi connectivity index (χ1) is 10.2. The highest BCUT2D eigenvalue weighted by Gasteiger charge is 2.21. The van der Waals surface area contributed by atoms with Gasteiger partial charge in [0.2, 0.25) is 0 Å². The fourth-order valence-electron chi connectivity index (χ4n) is 2.16. The second-order valence-electron chi connectivity index (χ2n) is 6.01. The SMILES string of the molecule is Cc1cccc(C(C)C)c1NC(=O)C(=O)N(C)CCC(C)O. The van der Waals surface area contributed by atoms with Gasteiger partial charge >= 0.3 is 11.8 Å². The molecule has 0 aromatic heterocycles. The second kappa shape index (κ2) is 7.94. The van der Waals surface area contributed by atoms with Crippen LogP contribution in [0.5, 0.6) is 0 Å². The molecule has 0 radical (unpaired) electrons. The van der Waals surface area contributed by atoms with E-state index in [1.165, 1.54) is 4.90 Å². The van der Waals surface area contributed by atoms with Crippen LogP contribution in [-0.2, 0) is 9.59 Å². The number of benzene rings is 1. The summed E-state index contributed by atoms with van der Waals surface area (Å²) in [5.74, 6) is -0.999. The van der Waals surface area contributed by atoms with Crippen LogP contribution >= 0.6 is 0 Å². The van der Waals surface area contributed by atoms with E-state index in [2.05, 4.69) is 5.32 Å². The molecule has 5 nitrogen and oxygen atoms in total. The maximum Gasteiger partial charge on any atom is 0.313 e. The molecule has 1 atom stereocenters. The summed E-state index contributed by atoms with van der Waals surface area (Å²) in [5, 5.41) is 12.0. The number of aliphatic hydroxyl groups excluding tert-OH is 1. The van der Waals surface area contributed by atoms with Gasteiger partial charge in [-0.1, -0.05) is 32.0 Å². The average molecular weight is 306 g/mol. The molecule has 22 heavy (non-hydrogen) atoms. The predicted molar refractivity (Wildman–Crippen MR) is 87.8 cm³/mol. The number of aliphatic hydroxyl groups is 1. The lowest BCUT2D eigenvalue weighted by Crippen LogP contribution is -2.38. The van der Waals surface area contributed by atoms with Crippen molar-refractivity contribution >= 4 is 17.5 Å². The number of nitrogens with one attached hydrogen (secondary N) is 1. The minimum atomic E-state index is -0.649. The molecule has 122 valence electrons. The Morgan fingerprint density at radius 3 is 2.45 bits per heavy atom. The van der Waals surface area contributed by atoms with E-state index >= 15 is 0 Å². The van der Waals surface area contributed by atoms with Gasteiger partial charge in [0.15, 0.2) is 0 Å². The van der Waals surface area contributed by atoms with E-state index in [1.807, 2.05) is 39.0 Å². The molecule has 0 fully saturated rings. The number of aryl methyl sites for hydroxylation is 1. The number of para-hydroxylation sites is 1. The number of nitrogens with zero attached hydrogens (tertiary/aromatic N) is 1. The van der Waals surface area contributed by atoms with Crippen molar-refractivity contribution in [2.24, 2.45) is 0 Å². The molecule has 0 spiro atoms. The largest absolute Gasteiger partial charge is 0.393 e. The quantitative estimate of drug-likeness (QED) is 0.820. The Kier molecular flexibility index (Phi) is 6.56. The molecule has 5 heteroatoms. The fraction of sp³-hybridized carbons (Fsp3) is 0.529. The maximum atomic E-state index is 12.2. The number of anilines is 1. The second-order valence-corrected chi connectivity index (χ2v) is 6.01. The average Bonchev–Trinajstić information content (AvgIpc) is 2.45. The molecule has 0 aliphatic carbocycles. The third kappa shape index (κ3) is 4.84. The summed E-state index contributed by atoms with van der Waals surface area (Å²) in [4.78, 5) is 25.6. The van der Waals surface area contributed by atoms with Gasteiger partial charge in [0.05, 0.1) is 6.10 Å². The van der Waals surface area contributed by atoms with Gasteiger partial charge in [-0.3, -0.25) is 9.59 Å². The highest BCUT2D eigenvalue weighted by Crippen LogP contribution is 2.27. The number of rotatable bonds is 5. The van der Waals surface area contributed by atoms with E-state index in [9.17, 15) is 14.7 Å². The smallest absolute Gasteiger partial charge is 0.313 e. The van der Waals surface area contributed by atoms with Crippen LogP contribution in [0.25, 0.3) is 0 Å². The van der Waals surface area contributed by atoms with Crippen LogP contribution in [0.4, 0.5) is 5.69 Å². The molecule has 0 saturated heterocycles. The summed E-state index contributed by atoms with van der Waals surface area (Å²) >= 11 is 0. The van der Waals surface area contributed by atoms with Crippen molar-refractivity contribution in [3.8, 4) is 0 Å². The maximum absolute atomic E-state index is 12.2. The Bertz CT molecular complexity index is 539. The summed E-state index contributed by atoms with van der Waals surface area (Å²) in [6.45, 7) is 7.99. The van der Waals surface area contributed by atoms with Crippen LogP contribution < -0.4 is 5.32 Å². The van der Waals surface area contributed by atoms with Crippen molar-refractivity contribution in [3.63, 3.8) is 0 Å². The van der Waals surface area contributed by atoms with E-state index in [-0.39, 0.29) is 5.92 Å². The number of carbonyl (C=O) groups excluding carboxylic acids is 2. The third-order valence-corrected chi connectivity index (χ3v) is 3.59. The monoisotopic (exact) mass is 306 g/mol. The molecule has 1 aromatic carbocycles. The van der Waals surface area contributed by atoms with E-state index in [1.54, 1.807) is 14.0 Å². The Balaban J connectivity index is 2.83. The van der Waals surface area contributed by atoms with Gasteiger partial charge in [-0.15, -0.1) is 0 Å². The first-order valence-corrected chi connectivity index (χ1v) is 7.58. The van der Waals surface area contributed by atoms with E-state index < -0.39 is 17.9 Å². The lowest BCUT2D eigenvalue weighted by Gasteiger charge is -2.20. The summed E-state index contributed by atoms with van der Waals surface area (Å²) in [5.41, 5.74) is 2.64. The number of likely N-dealkylation sites (N-methyl/N-ethyl adjacent to an activating group) is 1. The van der Waals surface area contributed by atoms with E-state index in [4.69, 9.17) is 0 Å².